The molecule has 2 aromatic heterocycles. The van der Waals surface area contributed by atoms with Crippen molar-refractivity contribution in [2.45, 2.75) is 20.3 Å². The van der Waals surface area contributed by atoms with Gasteiger partial charge in [-0.1, -0.05) is 30.3 Å². The molecule has 0 aliphatic rings. The van der Waals surface area contributed by atoms with Crippen LogP contribution < -0.4 is 21.3 Å². The molecule has 0 saturated carbocycles. The summed E-state index contributed by atoms with van der Waals surface area (Å²) in [7, 11) is 4.07. The number of thiophene rings is 1. The van der Waals surface area contributed by atoms with Crippen LogP contribution in [0.2, 0.25) is 0 Å². The summed E-state index contributed by atoms with van der Waals surface area (Å²) in [5, 5.41) is 6.69. The smallest absolute Gasteiger partial charge is 0.323 e. The van der Waals surface area contributed by atoms with Crippen LogP contribution in [0.3, 0.4) is 0 Å². The summed E-state index contributed by atoms with van der Waals surface area (Å²) < 4.78 is 0. The number of nitrogen functional groups attached to an aromatic ring is 1. The zero-order valence-electron chi connectivity index (χ0n) is 21.9. The van der Waals surface area contributed by atoms with Gasteiger partial charge in [0.25, 0.3) is 0 Å². The number of rotatable bonds is 6. The molecule has 8 heteroatoms. The van der Waals surface area contributed by atoms with E-state index in [0.717, 1.165) is 55.1 Å². The summed E-state index contributed by atoms with van der Waals surface area (Å²) in [6.45, 7) is 4.02. The van der Waals surface area contributed by atoms with Crippen molar-refractivity contribution in [2.24, 2.45) is 0 Å². The van der Waals surface area contributed by atoms with E-state index in [1.54, 1.807) is 11.3 Å². The lowest BCUT2D eigenvalue weighted by molar-refractivity contribution is 0.262. The molecule has 3 aromatic carbocycles. The Morgan fingerprint density at radius 1 is 0.895 bits per heavy atom. The summed E-state index contributed by atoms with van der Waals surface area (Å²) in [5.41, 5.74) is 14.4. The predicted molar refractivity (Wildman–Crippen MR) is 159 cm³/mol. The minimum Gasteiger partial charge on any atom is -0.383 e. The summed E-state index contributed by atoms with van der Waals surface area (Å²) in [6, 6.07) is 22.0. The van der Waals surface area contributed by atoms with Crippen LogP contribution in [-0.2, 0) is 6.42 Å². The molecule has 0 aliphatic carbocycles. The van der Waals surface area contributed by atoms with E-state index in [4.69, 9.17) is 5.73 Å². The number of nitrogens with two attached hydrogens (primary N) is 1. The summed E-state index contributed by atoms with van der Waals surface area (Å²) >= 11 is 1.64. The van der Waals surface area contributed by atoms with E-state index < -0.39 is 0 Å². The highest BCUT2D eigenvalue weighted by Gasteiger charge is 2.18. The molecule has 0 bridgehead atoms. The van der Waals surface area contributed by atoms with Gasteiger partial charge in [0.2, 0.25) is 0 Å². The SMILES string of the molecule is Cc1cc(C)cc(NC(=O)Nc2ccc(-c3c(Cc4ccc(N(C)C)cc4)sc4ncnc(N)c34)cc2)c1. The fourth-order valence-electron chi connectivity index (χ4n) is 4.59. The van der Waals surface area contributed by atoms with Gasteiger partial charge in [-0.2, -0.15) is 0 Å². The number of aromatic nitrogens is 2. The van der Waals surface area contributed by atoms with Gasteiger partial charge in [-0.25, -0.2) is 14.8 Å². The first-order valence-electron chi connectivity index (χ1n) is 12.3. The maximum atomic E-state index is 12.6. The third-order valence-electron chi connectivity index (χ3n) is 6.32. The average Bonchev–Trinajstić information content (AvgIpc) is 3.23. The number of fused-ring (bicyclic) bond motifs is 1. The van der Waals surface area contributed by atoms with Crippen molar-refractivity contribution in [1.82, 2.24) is 9.97 Å². The molecule has 0 unspecified atom stereocenters. The highest BCUT2D eigenvalue weighted by molar-refractivity contribution is 7.19. The number of aryl methyl sites for hydroxylation is 2. The van der Waals surface area contributed by atoms with Crippen molar-refractivity contribution in [1.29, 1.82) is 0 Å². The number of carbonyl (C=O) groups excluding carboxylic acids is 1. The van der Waals surface area contributed by atoms with Crippen molar-refractivity contribution in [3.63, 3.8) is 0 Å². The van der Waals surface area contributed by atoms with Gasteiger partial charge in [0.05, 0.1) is 5.39 Å². The number of nitrogens with one attached hydrogen (secondary N) is 2. The average molecular weight is 523 g/mol. The standard InChI is InChI=1S/C30H30N6OS/c1-18-13-19(2)15-23(14-18)35-30(37)34-22-9-7-21(8-10-22)26-25(38-29-27(26)28(31)32-17-33-29)16-20-5-11-24(12-6-20)36(3)4/h5-15,17H,16H2,1-4H3,(H2,31,32,33)(H2,34,35,37). The van der Waals surface area contributed by atoms with Gasteiger partial charge in [0.1, 0.15) is 17.0 Å². The van der Waals surface area contributed by atoms with Crippen LogP contribution in [0, 0.1) is 13.8 Å². The Bertz CT molecular complexity index is 1590. The Hall–Kier alpha value is -4.43. The number of nitrogens with zero attached hydrogens (tertiary/aromatic N) is 3. The molecule has 0 spiro atoms. The predicted octanol–water partition coefficient (Wildman–Crippen LogP) is 6.86. The van der Waals surface area contributed by atoms with Gasteiger partial charge in [-0.05, 0) is 72.5 Å². The van der Waals surface area contributed by atoms with Gasteiger partial charge in [-0.3, -0.25) is 0 Å². The number of carbonyl (C=O) groups is 1. The molecule has 5 aromatic rings. The fourth-order valence-corrected chi connectivity index (χ4v) is 5.79. The van der Waals surface area contributed by atoms with E-state index in [0.29, 0.717) is 11.5 Å². The van der Waals surface area contributed by atoms with Crippen molar-refractivity contribution in [3.05, 3.63) is 94.6 Å². The van der Waals surface area contributed by atoms with Crippen LogP contribution in [0.25, 0.3) is 21.3 Å². The van der Waals surface area contributed by atoms with E-state index in [1.165, 1.54) is 11.9 Å². The number of anilines is 4. The highest BCUT2D eigenvalue weighted by Crippen LogP contribution is 2.41. The monoisotopic (exact) mass is 522 g/mol. The molecule has 0 atom stereocenters. The third-order valence-corrected chi connectivity index (χ3v) is 7.42. The Balaban J connectivity index is 1.41. The lowest BCUT2D eigenvalue weighted by Gasteiger charge is -2.13. The Morgan fingerprint density at radius 2 is 1.55 bits per heavy atom. The molecule has 2 heterocycles. The van der Waals surface area contributed by atoms with Gasteiger partial charge in [-0.15, -0.1) is 11.3 Å². The first kappa shape index (κ1) is 25.2. The molecular weight excluding hydrogens is 492 g/mol. The molecule has 7 nitrogen and oxygen atoms in total. The first-order chi connectivity index (χ1) is 18.3. The van der Waals surface area contributed by atoms with E-state index >= 15 is 0 Å². The number of hydrogen-bond donors (Lipinski definition) is 3. The van der Waals surface area contributed by atoms with E-state index in [-0.39, 0.29) is 6.03 Å². The van der Waals surface area contributed by atoms with Crippen LogP contribution in [0.4, 0.5) is 27.7 Å². The summed E-state index contributed by atoms with van der Waals surface area (Å²) in [5.74, 6) is 0.463. The molecule has 5 rings (SSSR count). The second-order valence-corrected chi connectivity index (χ2v) is 10.7. The van der Waals surface area contributed by atoms with Crippen molar-refractivity contribution in [2.75, 3.05) is 35.4 Å². The molecule has 4 N–H and O–H groups in total. The highest BCUT2D eigenvalue weighted by atomic mass is 32.1. The Morgan fingerprint density at radius 3 is 2.21 bits per heavy atom. The fraction of sp³-hybridized carbons (Fsp3) is 0.167. The summed E-state index contributed by atoms with van der Waals surface area (Å²) in [6.07, 6.45) is 2.26. The maximum Gasteiger partial charge on any atom is 0.323 e. The third kappa shape index (κ3) is 5.45. The zero-order chi connectivity index (χ0) is 26.8. The van der Waals surface area contributed by atoms with E-state index in [9.17, 15) is 4.79 Å². The number of urea groups is 1. The number of hydrogen-bond acceptors (Lipinski definition) is 6. The van der Waals surface area contributed by atoms with Crippen LogP contribution in [0.5, 0.6) is 0 Å². The molecule has 192 valence electrons. The van der Waals surface area contributed by atoms with Gasteiger partial charge in [0, 0.05) is 48.0 Å². The van der Waals surface area contributed by atoms with Gasteiger partial charge >= 0.3 is 6.03 Å². The maximum absolute atomic E-state index is 12.6. The molecule has 0 aliphatic heterocycles. The lowest BCUT2D eigenvalue weighted by atomic mass is 9.99. The molecular formula is C30H30N6OS. The van der Waals surface area contributed by atoms with Crippen LogP contribution >= 0.6 is 11.3 Å². The Labute approximate surface area is 226 Å². The topological polar surface area (TPSA) is 96.2 Å². The largest absolute Gasteiger partial charge is 0.383 e. The number of amides is 2. The van der Waals surface area contributed by atoms with Gasteiger partial charge in [0.15, 0.2) is 0 Å². The van der Waals surface area contributed by atoms with Crippen LogP contribution in [0.1, 0.15) is 21.6 Å². The summed E-state index contributed by atoms with van der Waals surface area (Å²) in [4.78, 5) is 25.5. The molecule has 2 amide bonds. The van der Waals surface area contributed by atoms with Crippen molar-refractivity contribution in [3.8, 4) is 11.1 Å². The molecule has 0 saturated heterocycles. The second-order valence-electron chi connectivity index (χ2n) is 9.61. The van der Waals surface area contributed by atoms with Gasteiger partial charge < -0.3 is 21.3 Å². The van der Waals surface area contributed by atoms with Crippen molar-refractivity contribution >= 4 is 50.5 Å². The lowest BCUT2D eigenvalue weighted by Crippen LogP contribution is -2.19. The minimum atomic E-state index is -0.289. The quantitative estimate of drug-likeness (QED) is 0.226. The molecule has 38 heavy (non-hydrogen) atoms. The minimum absolute atomic E-state index is 0.289. The van der Waals surface area contributed by atoms with Crippen molar-refractivity contribution < 1.29 is 4.79 Å². The Kier molecular flexibility index (Phi) is 6.98. The van der Waals surface area contributed by atoms with E-state index in [1.807, 2.05) is 64.3 Å². The van der Waals surface area contributed by atoms with Crippen LogP contribution in [0.15, 0.2) is 73.1 Å². The second kappa shape index (κ2) is 10.5. The number of benzene rings is 3. The first-order valence-corrected chi connectivity index (χ1v) is 13.1. The zero-order valence-corrected chi connectivity index (χ0v) is 22.7. The normalized spacial score (nSPS) is 10.9. The van der Waals surface area contributed by atoms with Crippen LogP contribution in [-0.4, -0.2) is 30.1 Å². The molecule has 0 radical (unpaired) electrons. The van der Waals surface area contributed by atoms with E-state index in [2.05, 4.69) is 55.8 Å². The molecule has 0 fully saturated rings.